The lowest BCUT2D eigenvalue weighted by Gasteiger charge is -2.10. The van der Waals surface area contributed by atoms with Gasteiger partial charge in [0.25, 0.3) is 0 Å². The van der Waals surface area contributed by atoms with Crippen LogP contribution in [-0.2, 0) is 13.6 Å². The molecule has 1 aliphatic carbocycles. The number of benzene rings is 1. The number of halogens is 1. The van der Waals surface area contributed by atoms with Gasteiger partial charge in [-0.25, -0.2) is 4.68 Å². The molecule has 7 heteroatoms. The molecule has 0 unspecified atom stereocenters. The molecule has 19 heavy (non-hydrogen) atoms. The van der Waals surface area contributed by atoms with Crippen LogP contribution in [0.1, 0.15) is 18.4 Å². The molecule has 1 aliphatic rings. The highest BCUT2D eigenvalue weighted by Gasteiger charge is 2.21. The van der Waals surface area contributed by atoms with Crippen molar-refractivity contribution in [3.05, 3.63) is 28.8 Å². The van der Waals surface area contributed by atoms with Crippen molar-refractivity contribution in [1.29, 1.82) is 0 Å². The van der Waals surface area contributed by atoms with E-state index in [1.54, 1.807) is 4.68 Å². The Kier molecular flexibility index (Phi) is 3.72. The minimum atomic E-state index is 0.674. The molecule has 3 rings (SSSR count). The average Bonchev–Trinajstić information content (AvgIpc) is 3.14. The van der Waals surface area contributed by atoms with Gasteiger partial charge in [0, 0.05) is 24.5 Å². The van der Waals surface area contributed by atoms with Crippen molar-refractivity contribution in [2.45, 2.75) is 35.5 Å². The minimum absolute atomic E-state index is 0.674. The fourth-order valence-electron chi connectivity index (χ4n) is 1.75. The molecular weight excluding hydrogens is 282 g/mol. The Morgan fingerprint density at radius 3 is 3.00 bits per heavy atom. The van der Waals surface area contributed by atoms with E-state index >= 15 is 0 Å². The molecule has 0 spiro atoms. The van der Waals surface area contributed by atoms with E-state index in [0.29, 0.717) is 6.04 Å². The molecule has 1 saturated carbocycles. The number of aryl methyl sites for hydroxylation is 1. The van der Waals surface area contributed by atoms with Crippen LogP contribution in [0.5, 0.6) is 0 Å². The first-order chi connectivity index (χ1) is 9.24. The second kappa shape index (κ2) is 5.48. The van der Waals surface area contributed by atoms with Gasteiger partial charge >= 0.3 is 0 Å². The van der Waals surface area contributed by atoms with E-state index in [2.05, 4.69) is 26.9 Å². The zero-order valence-electron chi connectivity index (χ0n) is 10.5. The van der Waals surface area contributed by atoms with Crippen molar-refractivity contribution >= 4 is 23.4 Å². The Bertz CT molecular complexity index is 581. The van der Waals surface area contributed by atoms with Crippen LogP contribution in [-0.4, -0.2) is 26.2 Å². The molecule has 0 aliphatic heterocycles. The fourth-order valence-corrected chi connectivity index (χ4v) is 2.92. The van der Waals surface area contributed by atoms with Gasteiger partial charge in [0.15, 0.2) is 0 Å². The van der Waals surface area contributed by atoms with Crippen LogP contribution in [0.4, 0.5) is 0 Å². The van der Waals surface area contributed by atoms with Crippen LogP contribution in [0.2, 0.25) is 5.02 Å². The molecule has 1 N–H and O–H groups in total. The Morgan fingerprint density at radius 2 is 2.32 bits per heavy atom. The van der Waals surface area contributed by atoms with Gasteiger partial charge in [-0.3, -0.25) is 0 Å². The second-order valence-corrected chi connectivity index (χ2v) is 5.96. The number of nitrogens with one attached hydrogen (secondary N) is 1. The summed E-state index contributed by atoms with van der Waals surface area (Å²) in [7, 11) is 1.82. The molecular formula is C12H14ClN5S. The van der Waals surface area contributed by atoms with Crippen LogP contribution in [0, 0.1) is 0 Å². The predicted octanol–water partition coefficient (Wildman–Crippen LogP) is 2.27. The number of tetrazole rings is 1. The smallest absolute Gasteiger partial charge is 0.213 e. The van der Waals surface area contributed by atoms with E-state index in [1.165, 1.54) is 30.2 Å². The maximum absolute atomic E-state index is 6.30. The van der Waals surface area contributed by atoms with Gasteiger partial charge in [-0.05, 0) is 46.7 Å². The molecule has 100 valence electrons. The SMILES string of the molecule is Cn1nnnc1Sc1c(Cl)cccc1CNC1CC1. The third kappa shape index (κ3) is 3.08. The standard InChI is InChI=1S/C12H14ClN5S/c1-18-12(15-16-17-18)19-11-8(3-2-4-10(11)13)7-14-9-5-6-9/h2-4,9,14H,5-7H2,1H3. The number of hydrogen-bond acceptors (Lipinski definition) is 5. The van der Waals surface area contributed by atoms with Gasteiger partial charge in [0.05, 0.1) is 5.02 Å². The molecule has 5 nitrogen and oxygen atoms in total. The highest BCUT2D eigenvalue weighted by Crippen LogP contribution is 2.35. The van der Waals surface area contributed by atoms with E-state index in [1.807, 2.05) is 19.2 Å². The molecule has 1 fully saturated rings. The maximum atomic E-state index is 6.30. The van der Waals surface area contributed by atoms with E-state index < -0.39 is 0 Å². The van der Waals surface area contributed by atoms with Crippen molar-refractivity contribution in [3.63, 3.8) is 0 Å². The summed E-state index contributed by atoms with van der Waals surface area (Å²) in [5, 5.41) is 16.4. The molecule has 0 bridgehead atoms. The summed E-state index contributed by atoms with van der Waals surface area (Å²) >= 11 is 7.80. The van der Waals surface area contributed by atoms with E-state index in [-0.39, 0.29) is 0 Å². The summed E-state index contributed by atoms with van der Waals surface area (Å²) in [4.78, 5) is 1.02. The van der Waals surface area contributed by atoms with E-state index in [0.717, 1.165) is 21.6 Å². The predicted molar refractivity (Wildman–Crippen MR) is 74.2 cm³/mol. The third-order valence-corrected chi connectivity index (χ3v) is 4.62. The van der Waals surface area contributed by atoms with Crippen LogP contribution in [0.25, 0.3) is 0 Å². The Balaban J connectivity index is 1.83. The monoisotopic (exact) mass is 295 g/mol. The topological polar surface area (TPSA) is 55.6 Å². The largest absolute Gasteiger partial charge is 0.310 e. The number of nitrogens with zero attached hydrogens (tertiary/aromatic N) is 4. The summed E-state index contributed by atoms with van der Waals surface area (Å²) in [6, 6.07) is 6.64. The lowest BCUT2D eigenvalue weighted by molar-refractivity contribution is 0.663. The molecule has 0 amide bonds. The van der Waals surface area contributed by atoms with Gasteiger partial charge in [-0.1, -0.05) is 23.7 Å². The first-order valence-corrected chi connectivity index (χ1v) is 7.34. The molecule has 1 aromatic heterocycles. The highest BCUT2D eigenvalue weighted by molar-refractivity contribution is 7.99. The first-order valence-electron chi connectivity index (χ1n) is 6.15. The molecule has 1 aromatic carbocycles. The lowest BCUT2D eigenvalue weighted by atomic mass is 10.2. The Morgan fingerprint density at radius 1 is 1.47 bits per heavy atom. The summed E-state index contributed by atoms with van der Waals surface area (Å²) in [5.74, 6) is 0. The van der Waals surface area contributed by atoms with Gasteiger partial charge in [-0.15, -0.1) is 5.10 Å². The summed E-state index contributed by atoms with van der Waals surface area (Å²) in [6.45, 7) is 0.832. The quantitative estimate of drug-likeness (QED) is 0.917. The maximum Gasteiger partial charge on any atom is 0.213 e. The van der Waals surface area contributed by atoms with Crippen LogP contribution >= 0.6 is 23.4 Å². The number of aromatic nitrogens is 4. The first kappa shape index (κ1) is 12.9. The molecule has 0 saturated heterocycles. The van der Waals surface area contributed by atoms with Gasteiger partial charge < -0.3 is 5.32 Å². The van der Waals surface area contributed by atoms with Crippen molar-refractivity contribution < 1.29 is 0 Å². The zero-order valence-corrected chi connectivity index (χ0v) is 12.1. The highest BCUT2D eigenvalue weighted by atomic mass is 35.5. The number of rotatable bonds is 5. The molecule has 2 aromatic rings. The van der Waals surface area contributed by atoms with Crippen LogP contribution < -0.4 is 5.32 Å². The number of hydrogen-bond donors (Lipinski definition) is 1. The van der Waals surface area contributed by atoms with E-state index in [4.69, 9.17) is 11.6 Å². The molecule has 0 atom stereocenters. The molecule has 1 heterocycles. The van der Waals surface area contributed by atoms with Crippen molar-refractivity contribution in [2.24, 2.45) is 7.05 Å². The van der Waals surface area contributed by atoms with Crippen LogP contribution in [0.15, 0.2) is 28.3 Å². The van der Waals surface area contributed by atoms with Crippen molar-refractivity contribution in [3.8, 4) is 0 Å². The fraction of sp³-hybridized carbons (Fsp3) is 0.417. The van der Waals surface area contributed by atoms with Gasteiger partial charge in [0.1, 0.15) is 0 Å². The lowest BCUT2D eigenvalue weighted by Crippen LogP contribution is -2.15. The van der Waals surface area contributed by atoms with Gasteiger partial charge in [0.2, 0.25) is 5.16 Å². The minimum Gasteiger partial charge on any atom is -0.310 e. The van der Waals surface area contributed by atoms with Gasteiger partial charge in [-0.2, -0.15) is 0 Å². The van der Waals surface area contributed by atoms with Crippen LogP contribution in [0.3, 0.4) is 0 Å². The summed E-state index contributed by atoms with van der Waals surface area (Å²) in [5.41, 5.74) is 1.19. The van der Waals surface area contributed by atoms with E-state index in [9.17, 15) is 0 Å². The normalized spacial score (nSPS) is 14.8. The van der Waals surface area contributed by atoms with Crippen molar-refractivity contribution in [1.82, 2.24) is 25.5 Å². The zero-order chi connectivity index (χ0) is 13.2. The Hall–Kier alpha value is -1.11. The third-order valence-electron chi connectivity index (χ3n) is 2.98. The average molecular weight is 296 g/mol. The second-order valence-electron chi connectivity index (χ2n) is 4.57. The molecule has 0 radical (unpaired) electrons. The summed E-state index contributed by atoms with van der Waals surface area (Å²) < 4.78 is 1.64. The van der Waals surface area contributed by atoms with Crippen molar-refractivity contribution in [2.75, 3.05) is 0 Å². The Labute approximate surface area is 120 Å². The summed E-state index contributed by atoms with van der Waals surface area (Å²) in [6.07, 6.45) is 2.55.